The van der Waals surface area contributed by atoms with Crippen LogP contribution in [-0.2, 0) is 10.5 Å². The fraction of sp³-hybridized carbons (Fsp3) is 0.556. The lowest BCUT2D eigenvalue weighted by atomic mass is 9.78. The van der Waals surface area contributed by atoms with Crippen molar-refractivity contribution in [3.8, 4) is 10.6 Å². The van der Waals surface area contributed by atoms with Crippen molar-refractivity contribution in [1.82, 2.24) is 15.4 Å². The van der Waals surface area contributed by atoms with Gasteiger partial charge in [-0.1, -0.05) is 11.2 Å². The molecule has 0 radical (unpaired) electrons. The Morgan fingerprint density at radius 2 is 2.28 bits per heavy atom. The summed E-state index contributed by atoms with van der Waals surface area (Å²) in [7, 11) is 0. The molecular weight excluding hydrogens is 354 g/mol. The summed E-state index contributed by atoms with van der Waals surface area (Å²) in [5.74, 6) is 2.30. The summed E-state index contributed by atoms with van der Waals surface area (Å²) in [4.78, 5) is 15.6. The molecule has 2 aliphatic rings. The second-order valence-corrected chi connectivity index (χ2v) is 8.89. The molecule has 2 aromatic heterocycles. The molecule has 134 valence electrons. The quantitative estimate of drug-likeness (QED) is 0.867. The highest BCUT2D eigenvalue weighted by Gasteiger charge is 2.37. The number of thiophene rings is 1. The predicted octanol–water partition coefficient (Wildman–Crippen LogP) is 3.24. The fourth-order valence-electron chi connectivity index (χ4n) is 3.70. The highest BCUT2D eigenvalue weighted by molar-refractivity contribution is 7.99. The minimum Gasteiger partial charge on any atom is -0.355 e. The van der Waals surface area contributed by atoms with Crippen LogP contribution in [-0.4, -0.2) is 47.9 Å². The van der Waals surface area contributed by atoms with Crippen LogP contribution in [0.25, 0.3) is 10.6 Å². The van der Waals surface area contributed by atoms with E-state index in [-0.39, 0.29) is 5.91 Å². The van der Waals surface area contributed by atoms with E-state index >= 15 is 0 Å². The number of hydrogen-bond acceptors (Lipinski definition) is 6. The van der Waals surface area contributed by atoms with Crippen LogP contribution in [0.4, 0.5) is 0 Å². The van der Waals surface area contributed by atoms with Crippen molar-refractivity contribution in [1.29, 1.82) is 0 Å². The second-order valence-electron chi connectivity index (χ2n) is 6.96. The van der Waals surface area contributed by atoms with Gasteiger partial charge >= 0.3 is 0 Å². The third kappa shape index (κ3) is 3.93. The molecule has 4 rings (SSSR count). The molecule has 2 fully saturated rings. The molecule has 25 heavy (non-hydrogen) atoms. The summed E-state index contributed by atoms with van der Waals surface area (Å²) in [5, 5.41) is 9.60. The zero-order chi connectivity index (χ0) is 17.1. The van der Waals surface area contributed by atoms with Crippen molar-refractivity contribution < 1.29 is 9.32 Å². The normalized spacial score (nSPS) is 19.6. The topological polar surface area (TPSA) is 58.4 Å². The highest BCUT2D eigenvalue weighted by Crippen LogP contribution is 2.37. The molecule has 0 aliphatic carbocycles. The molecule has 1 N–H and O–H groups in total. The average molecular weight is 378 g/mol. The van der Waals surface area contributed by atoms with E-state index in [9.17, 15) is 4.79 Å². The lowest BCUT2D eigenvalue weighted by Crippen LogP contribution is -2.44. The Labute approximate surface area is 156 Å². The highest BCUT2D eigenvalue weighted by atomic mass is 32.2. The third-order valence-electron chi connectivity index (χ3n) is 5.31. The zero-order valence-corrected chi connectivity index (χ0v) is 15.8. The Hall–Kier alpha value is -1.31. The number of likely N-dealkylation sites (tertiary alicyclic amines) is 1. The van der Waals surface area contributed by atoms with Gasteiger partial charge in [-0.15, -0.1) is 23.1 Å². The summed E-state index contributed by atoms with van der Waals surface area (Å²) in [5.41, 5.74) is 1.36. The number of carbonyl (C=O) groups is 1. The SMILES string of the molecule is O=C(CSCc1cc(-c2cccs2)on1)N1CCC2(CCNC2)CC1. The van der Waals surface area contributed by atoms with E-state index < -0.39 is 0 Å². The van der Waals surface area contributed by atoms with Crippen molar-refractivity contribution in [2.75, 3.05) is 31.9 Å². The molecule has 7 heteroatoms. The molecule has 1 amide bonds. The monoisotopic (exact) mass is 377 g/mol. The largest absolute Gasteiger partial charge is 0.355 e. The Morgan fingerprint density at radius 3 is 3.00 bits per heavy atom. The zero-order valence-electron chi connectivity index (χ0n) is 14.2. The molecule has 0 unspecified atom stereocenters. The van der Waals surface area contributed by atoms with Gasteiger partial charge in [0, 0.05) is 31.5 Å². The van der Waals surface area contributed by atoms with Gasteiger partial charge in [0.25, 0.3) is 0 Å². The first-order valence-corrected chi connectivity index (χ1v) is 10.8. The van der Waals surface area contributed by atoms with Crippen LogP contribution in [0.3, 0.4) is 0 Å². The number of rotatable bonds is 5. The summed E-state index contributed by atoms with van der Waals surface area (Å²) in [6.45, 7) is 4.08. The van der Waals surface area contributed by atoms with Gasteiger partial charge in [-0.05, 0) is 42.7 Å². The van der Waals surface area contributed by atoms with E-state index in [1.807, 2.05) is 28.5 Å². The lowest BCUT2D eigenvalue weighted by molar-refractivity contribution is -0.130. The molecular formula is C18H23N3O2S2. The van der Waals surface area contributed by atoms with Gasteiger partial charge in [-0.25, -0.2) is 0 Å². The predicted molar refractivity (Wildman–Crippen MR) is 102 cm³/mol. The molecule has 4 heterocycles. The van der Waals surface area contributed by atoms with Gasteiger partial charge in [0.1, 0.15) is 0 Å². The second kappa shape index (κ2) is 7.51. The van der Waals surface area contributed by atoms with E-state index in [1.165, 1.54) is 6.42 Å². The van der Waals surface area contributed by atoms with Crippen LogP contribution in [0, 0.1) is 5.41 Å². The van der Waals surface area contributed by atoms with E-state index in [1.54, 1.807) is 23.1 Å². The summed E-state index contributed by atoms with van der Waals surface area (Å²) in [6.07, 6.45) is 3.55. The van der Waals surface area contributed by atoms with Crippen LogP contribution in [0.15, 0.2) is 28.1 Å². The molecule has 1 spiro atoms. The van der Waals surface area contributed by atoms with Gasteiger partial charge < -0.3 is 14.7 Å². The van der Waals surface area contributed by atoms with Gasteiger partial charge in [0.2, 0.25) is 5.91 Å². The lowest BCUT2D eigenvalue weighted by Gasteiger charge is -2.38. The van der Waals surface area contributed by atoms with Crippen LogP contribution in [0.2, 0.25) is 0 Å². The van der Waals surface area contributed by atoms with Crippen molar-refractivity contribution in [3.05, 3.63) is 29.3 Å². The van der Waals surface area contributed by atoms with Gasteiger partial charge in [0.15, 0.2) is 5.76 Å². The maximum absolute atomic E-state index is 12.4. The Balaban J connectivity index is 1.22. The molecule has 0 aromatic carbocycles. The fourth-order valence-corrected chi connectivity index (χ4v) is 5.18. The number of carbonyl (C=O) groups excluding carboxylic acids is 1. The van der Waals surface area contributed by atoms with E-state index in [0.29, 0.717) is 16.9 Å². The minimum atomic E-state index is 0.257. The van der Waals surface area contributed by atoms with E-state index in [0.717, 1.165) is 55.4 Å². The van der Waals surface area contributed by atoms with Gasteiger partial charge in [-0.2, -0.15) is 0 Å². The van der Waals surface area contributed by atoms with E-state index in [4.69, 9.17) is 4.52 Å². The first-order valence-electron chi connectivity index (χ1n) is 8.80. The molecule has 2 aliphatic heterocycles. The Bertz CT molecular complexity index is 698. The minimum absolute atomic E-state index is 0.257. The maximum Gasteiger partial charge on any atom is 0.232 e. The number of hydrogen-bond donors (Lipinski definition) is 1. The summed E-state index contributed by atoms with van der Waals surface area (Å²) >= 11 is 3.26. The summed E-state index contributed by atoms with van der Waals surface area (Å²) < 4.78 is 5.38. The van der Waals surface area contributed by atoms with Crippen molar-refractivity contribution in [2.45, 2.75) is 25.0 Å². The first kappa shape index (κ1) is 17.1. The van der Waals surface area contributed by atoms with Crippen LogP contribution in [0.1, 0.15) is 25.0 Å². The van der Waals surface area contributed by atoms with Gasteiger partial charge in [0.05, 0.1) is 16.3 Å². The number of thioether (sulfide) groups is 1. The molecule has 2 aromatic rings. The molecule has 0 saturated carbocycles. The Kier molecular flexibility index (Phi) is 5.15. The average Bonchev–Trinajstić information content (AvgIpc) is 3.37. The van der Waals surface area contributed by atoms with Crippen LogP contribution < -0.4 is 5.32 Å². The van der Waals surface area contributed by atoms with Crippen LogP contribution in [0.5, 0.6) is 0 Å². The molecule has 5 nitrogen and oxygen atoms in total. The number of piperidine rings is 1. The van der Waals surface area contributed by atoms with Crippen molar-refractivity contribution in [3.63, 3.8) is 0 Å². The van der Waals surface area contributed by atoms with Gasteiger partial charge in [-0.3, -0.25) is 4.79 Å². The summed E-state index contributed by atoms with van der Waals surface area (Å²) in [6, 6.07) is 6.00. The third-order valence-corrected chi connectivity index (χ3v) is 7.14. The molecule has 2 saturated heterocycles. The molecule has 0 bridgehead atoms. The number of amides is 1. The Morgan fingerprint density at radius 1 is 1.40 bits per heavy atom. The van der Waals surface area contributed by atoms with Crippen molar-refractivity contribution in [2.24, 2.45) is 5.41 Å². The van der Waals surface area contributed by atoms with Crippen LogP contribution >= 0.6 is 23.1 Å². The smallest absolute Gasteiger partial charge is 0.232 e. The standard InChI is InChI=1S/C18H23N3O2S2/c22-17(21-7-4-18(5-8-21)3-6-19-13-18)12-24-11-14-10-15(23-20-14)16-2-1-9-25-16/h1-2,9-10,19H,3-8,11-13H2. The number of nitrogens with one attached hydrogen (secondary N) is 1. The van der Waals surface area contributed by atoms with E-state index in [2.05, 4.69) is 10.5 Å². The number of aromatic nitrogens is 1. The molecule has 0 atom stereocenters. The number of nitrogens with zero attached hydrogens (tertiary/aromatic N) is 2. The maximum atomic E-state index is 12.4. The van der Waals surface area contributed by atoms with Crippen molar-refractivity contribution >= 4 is 29.0 Å². The first-order chi connectivity index (χ1) is 12.2.